The number of hydrogen-bond donors (Lipinski definition) is 2. The molecule has 0 fully saturated rings. The molecule has 0 heterocycles. The van der Waals surface area contributed by atoms with Crippen molar-refractivity contribution in [2.75, 3.05) is 13.7 Å². The fraction of sp³-hybridized carbons (Fsp3) is 0.750. The van der Waals surface area contributed by atoms with E-state index in [0.29, 0.717) is 0 Å². The molecule has 0 aliphatic rings. The van der Waals surface area contributed by atoms with Crippen LogP contribution in [-0.4, -0.2) is 30.4 Å². The number of rotatable bonds is 0. The van der Waals surface area contributed by atoms with E-state index in [4.69, 9.17) is 20.1 Å². The van der Waals surface area contributed by atoms with Crippen molar-refractivity contribution in [3.8, 4) is 0 Å². The quantitative estimate of drug-likeness (QED) is 0.276. The van der Waals surface area contributed by atoms with Crippen LogP contribution in [0.4, 0.5) is 0 Å². The second kappa shape index (κ2) is 63.5. The Hall–Kier alpha value is 1.03. The minimum Gasteiger partial charge on any atom is -0.554 e. The first-order chi connectivity index (χ1) is 3.83. The van der Waals surface area contributed by atoms with Crippen LogP contribution in [-0.2, 0) is 4.79 Å². The van der Waals surface area contributed by atoms with Crippen LogP contribution < -0.4 is 56.5 Å². The van der Waals surface area contributed by atoms with Crippen molar-refractivity contribution >= 4 is 6.47 Å². The molecule has 0 bridgehead atoms. The normalized spacial score (nSPS) is 4.00. The van der Waals surface area contributed by atoms with Gasteiger partial charge in [0.05, 0.1) is 0 Å². The molecule has 0 aliphatic heterocycles. The number of hydrogen-bond acceptors (Lipinski definition) is 4. The Kier molecular flexibility index (Phi) is 159. The van der Waals surface area contributed by atoms with Crippen molar-refractivity contribution < 1.29 is 71.5 Å². The molecule has 0 aliphatic carbocycles. The van der Waals surface area contributed by atoms with Crippen molar-refractivity contribution in [1.29, 1.82) is 0 Å². The fourth-order valence-corrected chi connectivity index (χ4v) is 0. The maximum atomic E-state index is 8.25. The topological polar surface area (TPSA) is 80.6 Å². The van der Waals surface area contributed by atoms with Crippen LogP contribution in [0.15, 0.2) is 0 Å². The van der Waals surface area contributed by atoms with Crippen molar-refractivity contribution in [2.24, 2.45) is 0 Å². The molecule has 52 valence electrons. The summed E-state index contributed by atoms with van der Waals surface area (Å²) in [4.78, 5) is 8.25. The van der Waals surface area contributed by atoms with Crippen LogP contribution in [0.5, 0.6) is 0 Å². The molecule has 5 heteroatoms. The number of aliphatic hydroxyl groups is 2. The van der Waals surface area contributed by atoms with E-state index in [1.54, 1.807) is 6.92 Å². The molecule has 4 nitrogen and oxygen atoms in total. The Morgan fingerprint density at radius 2 is 1.56 bits per heavy atom. The van der Waals surface area contributed by atoms with Gasteiger partial charge in [-0.1, -0.05) is 0 Å². The third-order valence-electron chi connectivity index (χ3n) is 0. The van der Waals surface area contributed by atoms with Gasteiger partial charge in [-0.2, -0.15) is 0 Å². The molecule has 0 atom stereocenters. The van der Waals surface area contributed by atoms with Crippen LogP contribution in [0.25, 0.3) is 0 Å². The van der Waals surface area contributed by atoms with Gasteiger partial charge < -0.3 is 20.1 Å². The maximum absolute atomic E-state index is 8.25. The van der Waals surface area contributed by atoms with Crippen LogP contribution in [0, 0.1) is 0 Å². The van der Waals surface area contributed by atoms with E-state index in [1.807, 2.05) is 0 Å². The molecular weight excluding hydrogens is 151 g/mol. The van der Waals surface area contributed by atoms with Gasteiger partial charge in [-0.25, -0.2) is 0 Å². The average molecular weight is 162 g/mol. The first kappa shape index (κ1) is 22.5. The summed E-state index contributed by atoms with van der Waals surface area (Å²) < 4.78 is 0. The molecule has 0 saturated carbocycles. The fourth-order valence-electron chi connectivity index (χ4n) is 0. The van der Waals surface area contributed by atoms with E-state index in [1.165, 1.54) is 0 Å². The minimum absolute atomic E-state index is 0. The average Bonchev–Trinajstić information content (AvgIpc) is 1.75. The maximum Gasteiger partial charge on any atom is 1.00 e. The van der Waals surface area contributed by atoms with E-state index in [9.17, 15) is 0 Å². The van der Waals surface area contributed by atoms with E-state index in [2.05, 4.69) is 0 Å². The minimum atomic E-state index is -0.500. The van der Waals surface area contributed by atoms with E-state index < -0.39 is 6.47 Å². The molecule has 0 aromatic heterocycles. The Morgan fingerprint density at radius 1 is 1.56 bits per heavy atom. The molecule has 9 heavy (non-hydrogen) atoms. The van der Waals surface area contributed by atoms with Gasteiger partial charge in [-0.05, 0) is 6.92 Å². The molecule has 0 rings (SSSR count). The second-order valence-corrected chi connectivity index (χ2v) is 0.412. The Morgan fingerprint density at radius 3 is 1.56 bits per heavy atom. The Bertz CT molecular complexity index is 26.5. The summed E-state index contributed by atoms with van der Waals surface area (Å²) in [6.07, 6.45) is 0. The van der Waals surface area contributed by atoms with Gasteiger partial charge in [0.15, 0.2) is 0 Å². The molecular formula is C4H11KO4. The van der Waals surface area contributed by atoms with E-state index in [0.717, 1.165) is 7.11 Å². The standard InChI is InChI=1S/C2H6O.CH2O2.CH4O.K/c1-2-3;2-1-3;1-2;/h3H,2H2,1H3;1H,(H,2,3);2H,1H3;/q;;;+1/p-1. The zero-order valence-electron chi connectivity index (χ0n) is 6.00. The van der Waals surface area contributed by atoms with Crippen molar-refractivity contribution in [3.63, 3.8) is 0 Å². The number of aliphatic hydroxyl groups excluding tert-OH is 2. The van der Waals surface area contributed by atoms with Crippen molar-refractivity contribution in [3.05, 3.63) is 0 Å². The molecule has 0 amide bonds. The summed E-state index contributed by atoms with van der Waals surface area (Å²) in [5.41, 5.74) is 0. The van der Waals surface area contributed by atoms with Gasteiger partial charge in [0.1, 0.15) is 0 Å². The summed E-state index contributed by atoms with van der Waals surface area (Å²) >= 11 is 0. The van der Waals surface area contributed by atoms with Crippen LogP contribution in [0.2, 0.25) is 0 Å². The molecule has 2 N–H and O–H groups in total. The second-order valence-electron chi connectivity index (χ2n) is 0.412. The first-order valence-corrected chi connectivity index (χ1v) is 1.94. The van der Waals surface area contributed by atoms with Gasteiger partial charge in [0.2, 0.25) is 0 Å². The molecule has 0 radical (unpaired) electrons. The van der Waals surface area contributed by atoms with Crippen molar-refractivity contribution in [1.82, 2.24) is 0 Å². The van der Waals surface area contributed by atoms with Gasteiger partial charge >= 0.3 is 51.4 Å². The van der Waals surface area contributed by atoms with Crippen LogP contribution in [0.3, 0.4) is 0 Å². The monoisotopic (exact) mass is 162 g/mol. The number of carbonyl (C=O) groups is 1. The van der Waals surface area contributed by atoms with E-state index in [-0.39, 0.29) is 58.0 Å². The van der Waals surface area contributed by atoms with E-state index >= 15 is 0 Å². The summed E-state index contributed by atoms with van der Waals surface area (Å²) in [6.45, 7) is 1.43. The molecule has 0 aromatic carbocycles. The zero-order chi connectivity index (χ0) is 7.41. The third kappa shape index (κ3) is 423. The smallest absolute Gasteiger partial charge is 0.554 e. The molecule has 0 unspecified atom stereocenters. The van der Waals surface area contributed by atoms with Gasteiger partial charge in [0, 0.05) is 20.2 Å². The molecule has 0 aromatic rings. The number of carboxylic acid groups (broad SMARTS) is 1. The predicted molar refractivity (Wildman–Crippen MR) is 27.0 cm³/mol. The number of carbonyl (C=O) groups excluding carboxylic acids is 1. The summed E-state index contributed by atoms with van der Waals surface area (Å²) in [7, 11) is 1.00. The molecule has 0 saturated heterocycles. The third-order valence-corrected chi connectivity index (χ3v) is 0. The van der Waals surface area contributed by atoms with Crippen LogP contribution in [0.1, 0.15) is 6.92 Å². The first-order valence-electron chi connectivity index (χ1n) is 1.94. The summed E-state index contributed by atoms with van der Waals surface area (Å²) in [5, 5.41) is 22.8. The summed E-state index contributed by atoms with van der Waals surface area (Å²) in [6, 6.07) is 0. The van der Waals surface area contributed by atoms with Gasteiger partial charge in [0.25, 0.3) is 0 Å². The molecule has 0 spiro atoms. The van der Waals surface area contributed by atoms with Crippen molar-refractivity contribution in [2.45, 2.75) is 6.92 Å². The SMILES string of the molecule is CCO.CO.O=C[O-].[K+]. The summed E-state index contributed by atoms with van der Waals surface area (Å²) in [5.74, 6) is 0. The van der Waals surface area contributed by atoms with Gasteiger partial charge in [-0.15, -0.1) is 0 Å². The Balaban J connectivity index is -0.0000000202. The van der Waals surface area contributed by atoms with Gasteiger partial charge in [-0.3, -0.25) is 0 Å². The van der Waals surface area contributed by atoms with Crippen LogP contribution >= 0.6 is 0 Å². The Labute approximate surface area is 97.3 Å². The largest absolute Gasteiger partial charge is 1.00 e. The predicted octanol–water partition coefficient (Wildman–Crippen LogP) is -5.02. The zero-order valence-corrected chi connectivity index (χ0v) is 9.12.